The molecule has 0 atom stereocenters. The predicted molar refractivity (Wildman–Crippen MR) is 109 cm³/mol. The zero-order chi connectivity index (χ0) is 21.2. The molecule has 0 saturated heterocycles. The molecule has 3 rings (SSSR count). The predicted octanol–water partition coefficient (Wildman–Crippen LogP) is 3.30. The molecule has 2 N–H and O–H groups in total. The zero-order valence-corrected chi connectivity index (χ0v) is 17.2. The standard InChI is InChI=1S/C21H23N3O4S/c1-21(2,3)23-29(27,28)20-22-14-17(19(25)26)24(20)18(15-10-6-4-7-11-15)16-12-8-5-9-13-16/h4-14,18,23H,1-3H3,(H,25,26). The average molecular weight is 413 g/mol. The van der Waals surface area contributed by atoms with Crippen LogP contribution in [-0.4, -0.2) is 34.6 Å². The van der Waals surface area contributed by atoms with E-state index in [9.17, 15) is 18.3 Å². The summed E-state index contributed by atoms with van der Waals surface area (Å²) in [6.45, 7) is 5.13. The second-order valence-electron chi connectivity index (χ2n) is 7.68. The molecule has 1 heterocycles. The number of imidazole rings is 1. The van der Waals surface area contributed by atoms with Crippen molar-refractivity contribution >= 4 is 16.0 Å². The van der Waals surface area contributed by atoms with Crippen molar-refractivity contribution in [2.45, 2.75) is 37.5 Å². The largest absolute Gasteiger partial charge is 0.477 e. The number of rotatable bonds is 6. The van der Waals surface area contributed by atoms with Crippen LogP contribution in [0.3, 0.4) is 0 Å². The number of sulfonamides is 1. The summed E-state index contributed by atoms with van der Waals surface area (Å²) in [6, 6.07) is 17.6. The van der Waals surface area contributed by atoms with Crippen molar-refractivity contribution in [2.24, 2.45) is 0 Å². The van der Waals surface area contributed by atoms with Gasteiger partial charge in [-0.15, -0.1) is 0 Å². The molecule has 0 aliphatic heterocycles. The van der Waals surface area contributed by atoms with Crippen LogP contribution < -0.4 is 4.72 Å². The highest BCUT2D eigenvalue weighted by Gasteiger charge is 2.33. The first-order valence-electron chi connectivity index (χ1n) is 9.04. The van der Waals surface area contributed by atoms with Crippen molar-refractivity contribution in [3.63, 3.8) is 0 Å². The number of carbonyl (C=O) groups is 1. The molecule has 3 aromatic rings. The quantitative estimate of drug-likeness (QED) is 0.646. The maximum absolute atomic E-state index is 13.1. The maximum Gasteiger partial charge on any atom is 0.354 e. The topological polar surface area (TPSA) is 101 Å². The van der Waals surface area contributed by atoms with E-state index >= 15 is 0 Å². The first kappa shape index (κ1) is 20.8. The van der Waals surface area contributed by atoms with Crippen LogP contribution in [0, 0.1) is 0 Å². The smallest absolute Gasteiger partial charge is 0.354 e. The molecule has 7 nitrogen and oxygen atoms in total. The molecule has 152 valence electrons. The Balaban J connectivity index is 2.31. The van der Waals surface area contributed by atoms with Crippen LogP contribution in [0.1, 0.15) is 48.4 Å². The normalized spacial score (nSPS) is 12.3. The van der Waals surface area contributed by atoms with Gasteiger partial charge in [-0.3, -0.25) is 4.57 Å². The van der Waals surface area contributed by atoms with Gasteiger partial charge in [0.25, 0.3) is 10.0 Å². The van der Waals surface area contributed by atoms with Gasteiger partial charge in [-0.05, 0) is 31.9 Å². The number of carboxylic acid groups (broad SMARTS) is 1. The summed E-state index contributed by atoms with van der Waals surface area (Å²) in [5.74, 6) is -1.26. The first-order valence-corrected chi connectivity index (χ1v) is 10.5. The third kappa shape index (κ3) is 4.55. The summed E-state index contributed by atoms with van der Waals surface area (Å²) in [6.07, 6.45) is 1.08. The summed E-state index contributed by atoms with van der Waals surface area (Å²) < 4.78 is 30.0. The van der Waals surface area contributed by atoms with Crippen molar-refractivity contribution in [1.29, 1.82) is 0 Å². The number of hydrogen-bond acceptors (Lipinski definition) is 4. The number of carboxylic acids is 1. The van der Waals surface area contributed by atoms with E-state index in [1.807, 2.05) is 60.7 Å². The lowest BCUT2D eigenvalue weighted by Gasteiger charge is -2.25. The van der Waals surface area contributed by atoms with Gasteiger partial charge < -0.3 is 5.11 Å². The highest BCUT2D eigenvalue weighted by molar-refractivity contribution is 7.89. The molecule has 29 heavy (non-hydrogen) atoms. The fraction of sp³-hybridized carbons (Fsp3) is 0.238. The lowest BCUT2D eigenvalue weighted by atomic mass is 9.98. The lowest BCUT2D eigenvalue weighted by Crippen LogP contribution is -2.42. The molecule has 0 aliphatic rings. The Morgan fingerprint density at radius 3 is 1.90 bits per heavy atom. The highest BCUT2D eigenvalue weighted by Crippen LogP contribution is 2.31. The van der Waals surface area contributed by atoms with Crippen LogP contribution in [0.15, 0.2) is 72.0 Å². The van der Waals surface area contributed by atoms with Gasteiger partial charge in [-0.2, -0.15) is 0 Å². The molecule has 8 heteroatoms. The fourth-order valence-corrected chi connectivity index (χ4v) is 4.71. The van der Waals surface area contributed by atoms with Crippen molar-refractivity contribution in [2.75, 3.05) is 0 Å². The molecule has 0 spiro atoms. The average Bonchev–Trinajstić information content (AvgIpc) is 3.08. The van der Waals surface area contributed by atoms with Crippen LogP contribution in [0.4, 0.5) is 0 Å². The van der Waals surface area contributed by atoms with E-state index < -0.39 is 27.6 Å². The fourth-order valence-electron chi connectivity index (χ4n) is 3.16. The van der Waals surface area contributed by atoms with E-state index in [2.05, 4.69) is 9.71 Å². The van der Waals surface area contributed by atoms with E-state index in [1.54, 1.807) is 20.8 Å². The van der Waals surface area contributed by atoms with E-state index in [-0.39, 0.29) is 10.9 Å². The molecule has 0 amide bonds. The van der Waals surface area contributed by atoms with Crippen LogP contribution in [-0.2, 0) is 10.0 Å². The summed E-state index contributed by atoms with van der Waals surface area (Å²) in [7, 11) is -4.08. The second kappa shape index (κ2) is 7.81. The van der Waals surface area contributed by atoms with E-state index in [4.69, 9.17) is 0 Å². The number of aromatic nitrogens is 2. The van der Waals surface area contributed by atoms with Gasteiger partial charge in [0.05, 0.1) is 12.2 Å². The number of benzene rings is 2. The second-order valence-corrected chi connectivity index (χ2v) is 9.26. The summed E-state index contributed by atoms with van der Waals surface area (Å²) in [5, 5.41) is 9.40. The zero-order valence-electron chi connectivity index (χ0n) is 16.4. The molecule has 2 aromatic carbocycles. The Morgan fingerprint density at radius 1 is 1.00 bits per heavy atom. The van der Waals surface area contributed by atoms with Crippen molar-refractivity contribution in [3.8, 4) is 0 Å². The first-order chi connectivity index (χ1) is 13.6. The van der Waals surface area contributed by atoms with Gasteiger partial charge in [0.1, 0.15) is 5.69 Å². The molecule has 0 saturated carbocycles. The van der Waals surface area contributed by atoms with Gasteiger partial charge >= 0.3 is 5.97 Å². The minimum Gasteiger partial charge on any atom is -0.477 e. The Hall–Kier alpha value is -2.97. The number of aromatic carboxylic acids is 1. The van der Waals surface area contributed by atoms with Crippen LogP contribution in [0.2, 0.25) is 0 Å². The number of hydrogen-bond donors (Lipinski definition) is 2. The van der Waals surface area contributed by atoms with Gasteiger partial charge in [-0.1, -0.05) is 60.7 Å². The van der Waals surface area contributed by atoms with Crippen molar-refractivity contribution < 1.29 is 18.3 Å². The minimum absolute atomic E-state index is 0.211. The third-order valence-electron chi connectivity index (χ3n) is 4.15. The Kier molecular flexibility index (Phi) is 5.59. The van der Waals surface area contributed by atoms with Crippen molar-refractivity contribution in [3.05, 3.63) is 83.7 Å². The molecule has 0 unspecified atom stereocenters. The van der Waals surface area contributed by atoms with E-state index in [1.165, 1.54) is 4.57 Å². The number of nitrogens with zero attached hydrogens (tertiary/aromatic N) is 2. The molecule has 0 aliphatic carbocycles. The van der Waals surface area contributed by atoms with Gasteiger partial charge in [0, 0.05) is 5.54 Å². The van der Waals surface area contributed by atoms with Crippen LogP contribution in [0.5, 0.6) is 0 Å². The SMILES string of the molecule is CC(C)(C)NS(=O)(=O)c1ncc(C(=O)O)n1C(c1ccccc1)c1ccccc1. The van der Waals surface area contributed by atoms with E-state index in [0.29, 0.717) is 0 Å². The highest BCUT2D eigenvalue weighted by atomic mass is 32.2. The summed E-state index contributed by atoms with van der Waals surface area (Å²) >= 11 is 0. The van der Waals surface area contributed by atoms with Gasteiger partial charge in [-0.25, -0.2) is 22.9 Å². The van der Waals surface area contributed by atoms with Crippen LogP contribution in [0.25, 0.3) is 0 Å². The molecule has 1 aromatic heterocycles. The van der Waals surface area contributed by atoms with Crippen LogP contribution >= 0.6 is 0 Å². The minimum atomic E-state index is -4.08. The Bertz CT molecular complexity index is 1060. The van der Waals surface area contributed by atoms with E-state index in [0.717, 1.165) is 17.3 Å². The Morgan fingerprint density at radius 2 is 1.48 bits per heavy atom. The summed E-state index contributed by atoms with van der Waals surface area (Å²) in [5.41, 5.74) is 0.517. The molecule has 0 fully saturated rings. The molecular weight excluding hydrogens is 390 g/mol. The monoisotopic (exact) mass is 413 g/mol. The maximum atomic E-state index is 13.1. The third-order valence-corrected chi connectivity index (χ3v) is 5.82. The summed E-state index contributed by atoms with van der Waals surface area (Å²) in [4.78, 5) is 15.9. The Labute approximate surface area is 170 Å². The van der Waals surface area contributed by atoms with Gasteiger partial charge in [0.15, 0.2) is 0 Å². The molecular formula is C21H23N3O4S. The van der Waals surface area contributed by atoms with Crippen molar-refractivity contribution in [1.82, 2.24) is 14.3 Å². The molecule has 0 radical (unpaired) electrons. The van der Waals surface area contributed by atoms with Gasteiger partial charge in [0.2, 0.25) is 5.16 Å². The molecule has 0 bridgehead atoms. The number of nitrogens with one attached hydrogen (secondary N) is 1. The lowest BCUT2D eigenvalue weighted by molar-refractivity contribution is 0.0683.